The maximum Gasteiger partial charge on any atom is 0.306 e. The molecular weight excluding hydrogens is 298 g/mol. The van der Waals surface area contributed by atoms with E-state index in [1.807, 2.05) is 27.7 Å². The van der Waals surface area contributed by atoms with Crippen molar-refractivity contribution in [3.8, 4) is 0 Å². The highest BCUT2D eigenvalue weighted by atomic mass is 16.6. The molecule has 0 aromatic heterocycles. The summed E-state index contributed by atoms with van der Waals surface area (Å²) in [5.41, 5.74) is -1.05. The summed E-state index contributed by atoms with van der Waals surface area (Å²) in [5, 5.41) is 2.76. The summed E-state index contributed by atoms with van der Waals surface area (Å²) in [5.74, 6) is -0.908. The van der Waals surface area contributed by atoms with Crippen LogP contribution in [0.2, 0.25) is 0 Å². The lowest BCUT2D eigenvalue weighted by molar-refractivity contribution is -0.156. The predicted molar refractivity (Wildman–Crippen MR) is 87.8 cm³/mol. The largest absolute Gasteiger partial charge is 0.460 e. The maximum absolute atomic E-state index is 11.8. The molecule has 0 fully saturated rings. The Bertz CT molecular complexity index is 418. The van der Waals surface area contributed by atoms with E-state index in [9.17, 15) is 14.4 Å². The van der Waals surface area contributed by atoms with E-state index < -0.39 is 17.2 Å². The van der Waals surface area contributed by atoms with Crippen molar-refractivity contribution in [2.45, 2.75) is 91.4 Å². The molecule has 6 nitrogen and oxygen atoms in total. The standard InChI is InChI=1S/C17H31NO5/c1-12(8-10-14(20)22-16(2,3)4)18-13(19)9-11-15(21)23-17(5,6)7/h12H,8-11H2,1-7H3,(H,18,19). The summed E-state index contributed by atoms with van der Waals surface area (Å²) in [6, 6.07) is -0.159. The van der Waals surface area contributed by atoms with Gasteiger partial charge in [-0.1, -0.05) is 0 Å². The van der Waals surface area contributed by atoms with Crippen molar-refractivity contribution in [3.63, 3.8) is 0 Å². The maximum atomic E-state index is 11.8. The Labute approximate surface area is 139 Å². The molecule has 134 valence electrons. The highest BCUT2D eigenvalue weighted by molar-refractivity contribution is 5.81. The third-order valence-corrected chi connectivity index (χ3v) is 2.59. The fourth-order valence-corrected chi connectivity index (χ4v) is 1.75. The average Bonchev–Trinajstić information content (AvgIpc) is 2.29. The predicted octanol–water partition coefficient (Wildman–Crippen LogP) is 2.73. The zero-order chi connectivity index (χ0) is 18.3. The van der Waals surface area contributed by atoms with Crippen LogP contribution in [0.4, 0.5) is 0 Å². The normalized spacial score (nSPS) is 13.2. The van der Waals surface area contributed by atoms with Crippen LogP contribution >= 0.6 is 0 Å². The summed E-state index contributed by atoms with van der Waals surface area (Å²) in [7, 11) is 0. The van der Waals surface area contributed by atoms with Gasteiger partial charge in [-0.3, -0.25) is 14.4 Å². The van der Waals surface area contributed by atoms with E-state index in [-0.39, 0.29) is 37.2 Å². The van der Waals surface area contributed by atoms with Crippen LogP contribution in [0.5, 0.6) is 0 Å². The third-order valence-electron chi connectivity index (χ3n) is 2.59. The summed E-state index contributed by atoms with van der Waals surface area (Å²) in [6.45, 7) is 12.6. The Morgan fingerprint density at radius 1 is 0.826 bits per heavy atom. The Balaban J connectivity index is 3.98. The molecule has 0 saturated carbocycles. The van der Waals surface area contributed by atoms with Crippen molar-refractivity contribution in [2.24, 2.45) is 0 Å². The van der Waals surface area contributed by atoms with E-state index in [2.05, 4.69) is 5.32 Å². The second-order valence-corrected chi connectivity index (χ2v) is 7.68. The molecule has 0 aromatic rings. The fraction of sp³-hybridized carbons (Fsp3) is 0.824. The van der Waals surface area contributed by atoms with Crippen molar-refractivity contribution in [1.29, 1.82) is 0 Å². The lowest BCUT2D eigenvalue weighted by Gasteiger charge is -2.20. The van der Waals surface area contributed by atoms with E-state index in [1.165, 1.54) is 0 Å². The van der Waals surface area contributed by atoms with Gasteiger partial charge in [0.25, 0.3) is 0 Å². The Morgan fingerprint density at radius 2 is 1.26 bits per heavy atom. The fourth-order valence-electron chi connectivity index (χ4n) is 1.75. The van der Waals surface area contributed by atoms with Gasteiger partial charge in [-0.25, -0.2) is 0 Å². The van der Waals surface area contributed by atoms with Crippen molar-refractivity contribution in [3.05, 3.63) is 0 Å². The molecule has 1 unspecified atom stereocenters. The number of hydrogen-bond donors (Lipinski definition) is 1. The molecular formula is C17H31NO5. The van der Waals surface area contributed by atoms with E-state index in [0.717, 1.165) is 0 Å². The molecule has 0 rings (SSSR count). The van der Waals surface area contributed by atoms with Gasteiger partial charge in [0, 0.05) is 18.9 Å². The first-order valence-corrected chi connectivity index (χ1v) is 8.01. The van der Waals surface area contributed by atoms with Gasteiger partial charge in [0.2, 0.25) is 5.91 Å². The minimum atomic E-state index is -0.547. The molecule has 6 heteroatoms. The number of rotatable bonds is 7. The van der Waals surface area contributed by atoms with E-state index in [4.69, 9.17) is 9.47 Å². The van der Waals surface area contributed by atoms with Crippen LogP contribution in [0.1, 0.15) is 74.1 Å². The monoisotopic (exact) mass is 329 g/mol. The second-order valence-electron chi connectivity index (χ2n) is 7.68. The number of nitrogens with one attached hydrogen (secondary N) is 1. The minimum Gasteiger partial charge on any atom is -0.460 e. The third kappa shape index (κ3) is 13.8. The van der Waals surface area contributed by atoms with Gasteiger partial charge < -0.3 is 14.8 Å². The molecule has 1 amide bonds. The molecule has 0 bridgehead atoms. The van der Waals surface area contributed by atoms with E-state index >= 15 is 0 Å². The molecule has 0 heterocycles. The van der Waals surface area contributed by atoms with Crippen molar-refractivity contribution >= 4 is 17.8 Å². The van der Waals surface area contributed by atoms with Crippen LogP contribution in [0.15, 0.2) is 0 Å². The molecule has 0 aliphatic carbocycles. The zero-order valence-corrected chi connectivity index (χ0v) is 15.4. The number of amides is 1. The zero-order valence-electron chi connectivity index (χ0n) is 15.4. The van der Waals surface area contributed by atoms with Crippen LogP contribution in [0.3, 0.4) is 0 Å². The SMILES string of the molecule is CC(CCC(=O)OC(C)(C)C)NC(=O)CCC(=O)OC(C)(C)C. The molecule has 0 aliphatic rings. The van der Waals surface area contributed by atoms with Gasteiger partial charge in [-0.05, 0) is 54.9 Å². The van der Waals surface area contributed by atoms with Crippen molar-refractivity contribution in [1.82, 2.24) is 5.32 Å². The van der Waals surface area contributed by atoms with Crippen LogP contribution in [0.25, 0.3) is 0 Å². The smallest absolute Gasteiger partial charge is 0.306 e. The van der Waals surface area contributed by atoms with Crippen LogP contribution in [-0.2, 0) is 23.9 Å². The van der Waals surface area contributed by atoms with E-state index in [1.54, 1.807) is 20.8 Å². The van der Waals surface area contributed by atoms with Gasteiger partial charge in [-0.2, -0.15) is 0 Å². The van der Waals surface area contributed by atoms with Gasteiger partial charge in [0.05, 0.1) is 6.42 Å². The summed E-state index contributed by atoms with van der Waals surface area (Å²) in [4.78, 5) is 34.9. The lowest BCUT2D eigenvalue weighted by atomic mass is 10.1. The first kappa shape index (κ1) is 21.4. The highest BCUT2D eigenvalue weighted by Gasteiger charge is 2.19. The van der Waals surface area contributed by atoms with Gasteiger partial charge in [0.15, 0.2) is 0 Å². The van der Waals surface area contributed by atoms with Gasteiger partial charge >= 0.3 is 11.9 Å². The Morgan fingerprint density at radius 3 is 1.70 bits per heavy atom. The molecule has 1 atom stereocenters. The summed E-state index contributed by atoms with van der Waals surface area (Å²) < 4.78 is 10.3. The minimum absolute atomic E-state index is 0.0435. The number of carbonyl (C=O) groups is 3. The number of esters is 2. The number of hydrogen-bond acceptors (Lipinski definition) is 5. The molecule has 0 aromatic carbocycles. The van der Waals surface area contributed by atoms with Crippen LogP contribution in [0, 0.1) is 0 Å². The van der Waals surface area contributed by atoms with Gasteiger partial charge in [-0.15, -0.1) is 0 Å². The molecule has 0 radical (unpaired) electrons. The summed E-state index contributed by atoms with van der Waals surface area (Å²) >= 11 is 0. The summed E-state index contributed by atoms with van der Waals surface area (Å²) in [6.07, 6.45) is 0.853. The Hall–Kier alpha value is -1.59. The Kier molecular flexibility index (Phi) is 8.28. The number of ether oxygens (including phenoxy) is 2. The van der Waals surface area contributed by atoms with E-state index in [0.29, 0.717) is 6.42 Å². The first-order chi connectivity index (χ1) is 10.3. The molecule has 23 heavy (non-hydrogen) atoms. The lowest BCUT2D eigenvalue weighted by Crippen LogP contribution is -2.34. The van der Waals surface area contributed by atoms with Crippen molar-refractivity contribution in [2.75, 3.05) is 0 Å². The highest BCUT2D eigenvalue weighted by Crippen LogP contribution is 2.11. The molecule has 0 aliphatic heterocycles. The topological polar surface area (TPSA) is 81.7 Å². The average molecular weight is 329 g/mol. The number of carbonyl (C=O) groups excluding carboxylic acids is 3. The first-order valence-electron chi connectivity index (χ1n) is 8.01. The van der Waals surface area contributed by atoms with Crippen LogP contribution in [-0.4, -0.2) is 35.1 Å². The quantitative estimate of drug-likeness (QED) is 0.726. The van der Waals surface area contributed by atoms with Crippen LogP contribution < -0.4 is 5.32 Å². The van der Waals surface area contributed by atoms with Gasteiger partial charge in [0.1, 0.15) is 11.2 Å². The molecule has 0 spiro atoms. The molecule has 0 saturated heterocycles. The second kappa shape index (κ2) is 8.89. The molecule has 1 N–H and O–H groups in total. The van der Waals surface area contributed by atoms with Crippen molar-refractivity contribution < 1.29 is 23.9 Å².